The number of hydrogen-bond donors (Lipinski definition) is 1. The topological polar surface area (TPSA) is 38.3 Å². The molecule has 1 N–H and O–H groups in total. The predicted octanol–water partition coefficient (Wildman–Crippen LogP) is 1.45. The average molecular weight is 164 g/mol. The van der Waals surface area contributed by atoms with Crippen LogP contribution in [0, 0.1) is 6.07 Å². The van der Waals surface area contributed by atoms with Crippen LogP contribution in [0.3, 0.4) is 0 Å². The van der Waals surface area contributed by atoms with Gasteiger partial charge in [0.2, 0.25) is 5.91 Å². The van der Waals surface area contributed by atoms with Gasteiger partial charge in [0.15, 0.2) is 0 Å². The molecule has 3 nitrogen and oxygen atoms in total. The average Bonchev–Trinajstić information content (AvgIpc) is 2.03. The SMILES string of the molecule is COc1[c]c(NC(C)=O)ccc1. The number of rotatable bonds is 2. The second-order valence-corrected chi connectivity index (χ2v) is 2.31. The van der Waals surface area contributed by atoms with Crippen molar-refractivity contribution >= 4 is 11.6 Å². The minimum Gasteiger partial charge on any atom is -0.496 e. The summed E-state index contributed by atoms with van der Waals surface area (Å²) >= 11 is 0. The number of carbonyl (C=O) groups excluding carboxylic acids is 1. The van der Waals surface area contributed by atoms with Crippen molar-refractivity contribution in [2.45, 2.75) is 6.92 Å². The Morgan fingerprint density at radius 3 is 2.92 bits per heavy atom. The van der Waals surface area contributed by atoms with Crippen LogP contribution in [0.25, 0.3) is 0 Å². The molecule has 1 amide bonds. The number of ether oxygens (including phenoxy) is 1. The Balaban J connectivity index is 2.79. The van der Waals surface area contributed by atoms with E-state index in [2.05, 4.69) is 11.4 Å². The van der Waals surface area contributed by atoms with E-state index in [1.54, 1.807) is 25.3 Å². The van der Waals surface area contributed by atoms with Gasteiger partial charge >= 0.3 is 0 Å². The lowest BCUT2D eigenvalue weighted by Gasteiger charge is -2.02. The molecule has 3 heteroatoms. The molecule has 0 heterocycles. The second-order valence-electron chi connectivity index (χ2n) is 2.31. The molecule has 1 aromatic carbocycles. The summed E-state index contributed by atoms with van der Waals surface area (Å²) < 4.78 is 4.93. The zero-order chi connectivity index (χ0) is 8.97. The summed E-state index contributed by atoms with van der Waals surface area (Å²) in [4.78, 5) is 10.6. The van der Waals surface area contributed by atoms with E-state index >= 15 is 0 Å². The highest BCUT2D eigenvalue weighted by atomic mass is 16.5. The third-order valence-corrected chi connectivity index (χ3v) is 1.30. The summed E-state index contributed by atoms with van der Waals surface area (Å²) in [6, 6.07) is 8.19. The number of benzene rings is 1. The fourth-order valence-electron chi connectivity index (χ4n) is 0.829. The highest BCUT2D eigenvalue weighted by molar-refractivity contribution is 5.88. The molecule has 0 atom stereocenters. The van der Waals surface area contributed by atoms with E-state index < -0.39 is 0 Å². The fraction of sp³-hybridized carbons (Fsp3) is 0.222. The molecule has 0 spiro atoms. The molecule has 0 unspecified atom stereocenters. The maximum atomic E-state index is 10.6. The first kappa shape index (κ1) is 8.59. The van der Waals surface area contributed by atoms with Crippen molar-refractivity contribution in [2.75, 3.05) is 12.4 Å². The van der Waals surface area contributed by atoms with E-state index in [4.69, 9.17) is 4.74 Å². The summed E-state index contributed by atoms with van der Waals surface area (Å²) in [7, 11) is 1.56. The molecule has 0 bridgehead atoms. The summed E-state index contributed by atoms with van der Waals surface area (Å²) in [6.07, 6.45) is 0. The van der Waals surface area contributed by atoms with Crippen LogP contribution in [0.5, 0.6) is 5.75 Å². The Morgan fingerprint density at radius 1 is 1.58 bits per heavy atom. The standard InChI is InChI=1S/C9H10NO2/c1-7(11)10-8-4-3-5-9(6-8)12-2/h3-5H,1-2H3,(H,10,11). The molecule has 63 valence electrons. The third kappa shape index (κ3) is 2.27. The third-order valence-electron chi connectivity index (χ3n) is 1.30. The van der Waals surface area contributed by atoms with Crippen molar-refractivity contribution < 1.29 is 9.53 Å². The van der Waals surface area contributed by atoms with E-state index in [0.29, 0.717) is 11.4 Å². The van der Waals surface area contributed by atoms with Gasteiger partial charge in [-0.3, -0.25) is 4.79 Å². The highest BCUT2D eigenvalue weighted by Crippen LogP contribution is 2.14. The molecule has 0 aliphatic carbocycles. The van der Waals surface area contributed by atoms with Crippen LogP contribution in [-0.4, -0.2) is 13.0 Å². The molecule has 12 heavy (non-hydrogen) atoms. The van der Waals surface area contributed by atoms with Crippen LogP contribution >= 0.6 is 0 Å². The molecule has 1 aromatic rings. The van der Waals surface area contributed by atoms with Crippen LogP contribution in [-0.2, 0) is 4.79 Å². The summed E-state index contributed by atoms with van der Waals surface area (Å²) in [5, 5.41) is 2.60. The Bertz CT molecular complexity index is 284. The molecule has 0 saturated carbocycles. The minimum atomic E-state index is -0.112. The van der Waals surface area contributed by atoms with E-state index in [1.807, 2.05) is 0 Å². The molecule has 1 rings (SSSR count). The van der Waals surface area contributed by atoms with Gasteiger partial charge in [0.25, 0.3) is 0 Å². The highest BCUT2D eigenvalue weighted by Gasteiger charge is 1.96. The fourth-order valence-corrected chi connectivity index (χ4v) is 0.829. The van der Waals surface area contributed by atoms with Crippen molar-refractivity contribution in [3.63, 3.8) is 0 Å². The van der Waals surface area contributed by atoms with Crippen molar-refractivity contribution in [1.29, 1.82) is 0 Å². The van der Waals surface area contributed by atoms with Crippen molar-refractivity contribution in [3.8, 4) is 5.75 Å². The van der Waals surface area contributed by atoms with Crippen LogP contribution in [0.15, 0.2) is 18.2 Å². The number of methoxy groups -OCH3 is 1. The van der Waals surface area contributed by atoms with Crippen LogP contribution in [0.2, 0.25) is 0 Å². The molecule has 0 aromatic heterocycles. The molecule has 0 fully saturated rings. The first-order chi connectivity index (χ1) is 5.72. The quantitative estimate of drug-likeness (QED) is 0.718. The molecule has 1 radical (unpaired) electrons. The van der Waals surface area contributed by atoms with Gasteiger partial charge in [0.05, 0.1) is 18.9 Å². The summed E-state index contributed by atoms with van der Waals surface area (Å²) in [6.45, 7) is 1.45. The number of hydrogen-bond acceptors (Lipinski definition) is 2. The van der Waals surface area contributed by atoms with E-state index in [0.717, 1.165) is 0 Å². The number of carbonyl (C=O) groups is 1. The Labute approximate surface area is 71.4 Å². The first-order valence-electron chi connectivity index (χ1n) is 3.56. The monoisotopic (exact) mass is 164 g/mol. The van der Waals surface area contributed by atoms with Crippen LogP contribution in [0.4, 0.5) is 5.69 Å². The maximum absolute atomic E-state index is 10.6. The molecule has 0 aliphatic heterocycles. The van der Waals surface area contributed by atoms with Gasteiger partial charge in [-0.2, -0.15) is 0 Å². The summed E-state index contributed by atoms with van der Waals surface area (Å²) in [5.74, 6) is 0.501. The van der Waals surface area contributed by atoms with Gasteiger partial charge in [-0.15, -0.1) is 0 Å². The van der Waals surface area contributed by atoms with Crippen LogP contribution in [0.1, 0.15) is 6.92 Å². The Hall–Kier alpha value is -1.51. The molecular formula is C9H10NO2. The Morgan fingerprint density at radius 2 is 2.33 bits per heavy atom. The first-order valence-corrected chi connectivity index (χ1v) is 3.56. The van der Waals surface area contributed by atoms with Gasteiger partial charge in [-0.1, -0.05) is 6.07 Å². The maximum Gasteiger partial charge on any atom is 0.221 e. The normalized spacial score (nSPS) is 9.17. The van der Waals surface area contributed by atoms with Gasteiger partial charge < -0.3 is 10.1 Å². The zero-order valence-corrected chi connectivity index (χ0v) is 7.05. The van der Waals surface area contributed by atoms with E-state index in [-0.39, 0.29) is 5.91 Å². The van der Waals surface area contributed by atoms with Gasteiger partial charge in [0.1, 0.15) is 5.75 Å². The lowest BCUT2D eigenvalue weighted by atomic mass is 10.3. The van der Waals surface area contributed by atoms with Crippen molar-refractivity contribution in [3.05, 3.63) is 24.3 Å². The minimum absolute atomic E-state index is 0.112. The summed E-state index contributed by atoms with van der Waals surface area (Å²) in [5.41, 5.74) is 0.627. The lowest BCUT2D eigenvalue weighted by Crippen LogP contribution is -2.05. The molecule has 0 saturated heterocycles. The number of amides is 1. The van der Waals surface area contributed by atoms with E-state index in [1.165, 1.54) is 6.92 Å². The van der Waals surface area contributed by atoms with Crippen LogP contribution < -0.4 is 10.1 Å². The number of anilines is 1. The van der Waals surface area contributed by atoms with Crippen molar-refractivity contribution in [1.82, 2.24) is 0 Å². The van der Waals surface area contributed by atoms with Crippen molar-refractivity contribution in [2.24, 2.45) is 0 Å². The van der Waals surface area contributed by atoms with Gasteiger partial charge in [-0.05, 0) is 12.1 Å². The zero-order valence-electron chi connectivity index (χ0n) is 7.05. The molecule has 0 aliphatic rings. The predicted molar refractivity (Wildman–Crippen MR) is 46.1 cm³/mol. The largest absolute Gasteiger partial charge is 0.496 e. The van der Waals surface area contributed by atoms with Gasteiger partial charge in [0, 0.05) is 6.92 Å². The van der Waals surface area contributed by atoms with Gasteiger partial charge in [-0.25, -0.2) is 0 Å². The van der Waals surface area contributed by atoms with E-state index in [9.17, 15) is 4.79 Å². The molecular weight excluding hydrogens is 154 g/mol. The lowest BCUT2D eigenvalue weighted by molar-refractivity contribution is -0.114. The second kappa shape index (κ2) is 3.76. The number of nitrogens with one attached hydrogen (secondary N) is 1. The Kier molecular flexibility index (Phi) is 2.69. The smallest absolute Gasteiger partial charge is 0.221 e.